The van der Waals surface area contributed by atoms with Gasteiger partial charge in [0.15, 0.2) is 0 Å². The number of carbonyl (C=O) groups is 12. The van der Waals surface area contributed by atoms with E-state index in [1.165, 1.54) is 25.7 Å². The van der Waals surface area contributed by atoms with Crippen LogP contribution >= 0.6 is 0 Å². The highest BCUT2D eigenvalue weighted by Crippen LogP contribution is 2.20. The number of nitrogens with zero attached hydrogens (tertiary/aromatic N) is 1. The van der Waals surface area contributed by atoms with E-state index in [0.29, 0.717) is 64.3 Å². The summed E-state index contributed by atoms with van der Waals surface area (Å²) in [5, 5.41) is 47.9. The molecule has 0 saturated heterocycles. The number of amides is 4. The van der Waals surface area contributed by atoms with Gasteiger partial charge in [-0.25, -0.2) is 14.6 Å². The van der Waals surface area contributed by atoms with Crippen LogP contribution in [-0.4, -0.2) is 179 Å². The predicted molar refractivity (Wildman–Crippen MR) is 326 cm³/mol. The smallest absolute Gasteiger partial charge is 0.326 e. The molecule has 0 aliphatic carbocycles. The monoisotopic (exact) mass is 1260 g/mol. The molecule has 0 bridgehead atoms. The second kappa shape index (κ2) is 53.3. The van der Waals surface area contributed by atoms with Gasteiger partial charge >= 0.3 is 23.9 Å². The molecular weight excluding hydrogens is 1160 g/mol. The first-order chi connectivity index (χ1) is 42.8. The Balaban J connectivity index is 2.12. The molecule has 0 fully saturated rings. The van der Waals surface area contributed by atoms with Crippen LogP contribution in [0.4, 0.5) is 0 Å². The molecule has 1 rings (SSSR count). The summed E-state index contributed by atoms with van der Waals surface area (Å²) in [4.78, 5) is 153. The topological polar surface area (TPSA) is 399 Å². The number of aliphatic carboxylic acids is 4. The number of nitrogens with one attached hydrogen (secondary N) is 5. The summed E-state index contributed by atoms with van der Waals surface area (Å²) in [5.41, 5.74) is 0.902. The van der Waals surface area contributed by atoms with Crippen molar-refractivity contribution in [1.82, 2.24) is 31.2 Å². The van der Waals surface area contributed by atoms with Crippen LogP contribution in [0, 0.1) is 11.8 Å². The first kappa shape index (κ1) is 80.5. The number of hydrogen-bond donors (Lipinski definition) is 9. The largest absolute Gasteiger partial charge is 0.481 e. The van der Waals surface area contributed by atoms with E-state index in [1.54, 1.807) is 12.5 Å². The molecule has 0 aliphatic heterocycles. The first-order valence-corrected chi connectivity index (χ1v) is 32.2. The molecule has 4 atom stereocenters. The molecule has 89 heavy (non-hydrogen) atoms. The number of carboxylic acid groups (broad SMARTS) is 4. The maximum Gasteiger partial charge on any atom is 0.326 e. The van der Waals surface area contributed by atoms with Crippen molar-refractivity contribution in [2.75, 3.05) is 65.9 Å². The number of aromatic amines is 1. The molecular formula is C63H104N6O20. The Kier molecular flexibility index (Phi) is 48.2. The Bertz CT molecular complexity index is 2210. The number of unbranched alkanes of at least 4 members (excludes halogenated alkanes) is 14. The Hall–Kier alpha value is -6.51. The summed E-state index contributed by atoms with van der Waals surface area (Å²) in [7, 11) is 0. The molecule has 0 aromatic carbocycles. The lowest BCUT2D eigenvalue weighted by molar-refractivity contribution is -0.145. The minimum atomic E-state index is -1.43. The highest BCUT2D eigenvalue weighted by molar-refractivity contribution is 5.88. The first-order valence-electron chi connectivity index (χ1n) is 32.2. The fourth-order valence-corrected chi connectivity index (χ4v) is 9.62. The van der Waals surface area contributed by atoms with Gasteiger partial charge in [0, 0.05) is 102 Å². The van der Waals surface area contributed by atoms with Crippen LogP contribution in [0.3, 0.4) is 0 Å². The second-order valence-corrected chi connectivity index (χ2v) is 22.5. The molecule has 0 unspecified atom stereocenters. The van der Waals surface area contributed by atoms with Crippen molar-refractivity contribution < 1.29 is 96.9 Å². The minimum Gasteiger partial charge on any atom is -0.481 e. The molecule has 0 spiro atoms. The normalized spacial score (nSPS) is 12.5. The molecule has 9 N–H and O–H groups in total. The molecule has 26 heteroatoms. The number of carboxylic acids is 4. The van der Waals surface area contributed by atoms with Gasteiger partial charge in [-0.15, -0.1) is 0 Å². The molecule has 1 aromatic heterocycles. The summed E-state index contributed by atoms with van der Waals surface area (Å²) >= 11 is 0. The van der Waals surface area contributed by atoms with Crippen LogP contribution in [0.5, 0.6) is 0 Å². The number of aryl methyl sites for hydroxylation is 1. The summed E-state index contributed by atoms with van der Waals surface area (Å²) in [5.74, 6) is -8.82. The SMILES string of the molecule is CCC(=O)[C@H](CCCCNC(=O)COCCOCCNC(=O)COCCOCCCC(=O)CC[C@H](NC(=O)CC[C@H](CC(=O)CC[C@H](NC(=O)CCCCCCCCCCCCCCCCC(=O)O)C(=O)O)C(=O)O)C(=O)O)CCC(=O)CCc1cnc[nH]1. The number of rotatable bonds is 63. The third-order valence-corrected chi connectivity index (χ3v) is 14.9. The number of carbonyl (C=O) groups excluding carboxylic acids is 8. The number of hydrogen-bond acceptors (Lipinski definition) is 17. The van der Waals surface area contributed by atoms with Crippen molar-refractivity contribution in [3.63, 3.8) is 0 Å². The van der Waals surface area contributed by atoms with Gasteiger partial charge in [-0.05, 0) is 64.2 Å². The number of Topliss-reactive ketones (excluding diaryl/α,β-unsaturated/α-hetero) is 4. The van der Waals surface area contributed by atoms with Crippen LogP contribution in [0.2, 0.25) is 0 Å². The number of ketones is 4. The summed E-state index contributed by atoms with van der Waals surface area (Å²) in [6, 6.07) is -2.78. The minimum absolute atomic E-state index is 0.0701. The summed E-state index contributed by atoms with van der Waals surface area (Å²) < 4.78 is 21.5. The quantitative estimate of drug-likeness (QED) is 0.0311. The van der Waals surface area contributed by atoms with Gasteiger partial charge < -0.3 is 65.6 Å². The van der Waals surface area contributed by atoms with E-state index in [4.69, 9.17) is 24.1 Å². The van der Waals surface area contributed by atoms with E-state index < -0.39 is 72.3 Å². The number of ether oxygens (including phenoxy) is 4. The molecule has 0 radical (unpaired) electrons. The average Bonchev–Trinajstić information content (AvgIpc) is 4.18. The van der Waals surface area contributed by atoms with Crippen molar-refractivity contribution in [2.24, 2.45) is 11.8 Å². The predicted octanol–water partition coefficient (Wildman–Crippen LogP) is 6.57. The lowest BCUT2D eigenvalue weighted by Crippen LogP contribution is -2.41. The summed E-state index contributed by atoms with van der Waals surface area (Å²) in [6.07, 6.45) is 20.4. The van der Waals surface area contributed by atoms with Crippen molar-refractivity contribution in [3.8, 4) is 0 Å². The van der Waals surface area contributed by atoms with Gasteiger partial charge in [0.1, 0.15) is 48.4 Å². The Morgan fingerprint density at radius 2 is 0.921 bits per heavy atom. The third-order valence-electron chi connectivity index (χ3n) is 14.9. The Labute approximate surface area is 524 Å². The van der Waals surface area contributed by atoms with Crippen LogP contribution in [-0.2, 0) is 82.9 Å². The standard InChI is InChI=1S/C63H104N6O20/c1-2-55(73)47(24-27-51(71)28-26-49-43-64-46-67-49)20-17-18-34-65-58(76)44-89-41-39-87-37-35-66-59(77)45-88-40-38-86-36-19-21-50(70)29-31-53(62(82)83)69-57(75)33-25-48(61(80)81)42-52(72)30-32-54(63(84)85)68-56(74)22-15-13-11-9-7-5-3-4-6-8-10-12-14-16-23-60(78)79/h43,46-48,53-54H,2-42,44-45H2,1H3,(H,64,67)(H,65,76)(H,66,77)(H,68,74)(H,69,75)(H,78,79)(H,80,81)(H,82,83)(H,84,85)/t47-,48-,53+,54+/m1/s1. The van der Waals surface area contributed by atoms with E-state index in [2.05, 4.69) is 31.2 Å². The van der Waals surface area contributed by atoms with E-state index in [-0.39, 0.29) is 146 Å². The van der Waals surface area contributed by atoms with Gasteiger partial charge in [0.25, 0.3) is 0 Å². The third kappa shape index (κ3) is 47.2. The van der Waals surface area contributed by atoms with Crippen LogP contribution in [0.15, 0.2) is 12.5 Å². The van der Waals surface area contributed by atoms with Gasteiger partial charge in [-0.1, -0.05) is 90.4 Å². The molecule has 0 saturated carbocycles. The van der Waals surface area contributed by atoms with Crippen LogP contribution < -0.4 is 21.3 Å². The Morgan fingerprint density at radius 3 is 1.45 bits per heavy atom. The molecule has 4 amide bonds. The lowest BCUT2D eigenvalue weighted by Gasteiger charge is -2.17. The van der Waals surface area contributed by atoms with Gasteiger partial charge in [-0.3, -0.25) is 47.9 Å². The van der Waals surface area contributed by atoms with Gasteiger partial charge in [0.2, 0.25) is 23.6 Å². The fraction of sp³-hybridized carbons (Fsp3) is 0.762. The van der Waals surface area contributed by atoms with Crippen molar-refractivity contribution in [1.29, 1.82) is 0 Å². The van der Waals surface area contributed by atoms with E-state index >= 15 is 0 Å². The average molecular weight is 1270 g/mol. The van der Waals surface area contributed by atoms with Gasteiger partial charge in [0.05, 0.1) is 45.3 Å². The lowest BCUT2D eigenvalue weighted by atomic mass is 9.90. The summed E-state index contributed by atoms with van der Waals surface area (Å²) in [6.45, 7) is 3.13. The fourth-order valence-electron chi connectivity index (χ4n) is 9.62. The van der Waals surface area contributed by atoms with Crippen molar-refractivity contribution in [3.05, 3.63) is 18.2 Å². The van der Waals surface area contributed by atoms with Crippen LogP contribution in [0.25, 0.3) is 0 Å². The zero-order chi connectivity index (χ0) is 65.7. The zero-order valence-electron chi connectivity index (χ0n) is 52.6. The maximum atomic E-state index is 12.8. The van der Waals surface area contributed by atoms with E-state index in [1.807, 2.05) is 6.92 Å². The molecule has 1 aromatic rings. The maximum absolute atomic E-state index is 12.8. The van der Waals surface area contributed by atoms with Crippen LogP contribution in [0.1, 0.15) is 218 Å². The van der Waals surface area contributed by atoms with Crippen molar-refractivity contribution in [2.45, 2.75) is 231 Å². The van der Waals surface area contributed by atoms with E-state index in [0.717, 1.165) is 69.9 Å². The number of aromatic nitrogens is 2. The van der Waals surface area contributed by atoms with E-state index in [9.17, 15) is 72.9 Å². The second-order valence-electron chi connectivity index (χ2n) is 22.5. The number of imidazole rings is 1. The molecule has 0 aliphatic rings. The molecule has 26 nitrogen and oxygen atoms in total. The highest BCUT2D eigenvalue weighted by atomic mass is 16.5. The zero-order valence-corrected chi connectivity index (χ0v) is 52.6. The van der Waals surface area contributed by atoms with Gasteiger partial charge in [-0.2, -0.15) is 0 Å². The number of H-pyrrole nitrogens is 1. The Morgan fingerprint density at radius 1 is 0.438 bits per heavy atom. The van der Waals surface area contributed by atoms with Crippen molar-refractivity contribution >= 4 is 70.6 Å². The highest BCUT2D eigenvalue weighted by Gasteiger charge is 2.27. The molecule has 506 valence electrons. The molecule has 1 heterocycles.